The molecule has 17 heavy (non-hydrogen) atoms. The molecule has 0 heterocycles. The smallest absolute Gasteiger partial charge is 0.272 e. The first-order chi connectivity index (χ1) is 8.16. The molecule has 1 aliphatic rings. The number of halogens is 1. The van der Waals surface area contributed by atoms with Gasteiger partial charge in [-0.25, -0.2) is 4.39 Å². The van der Waals surface area contributed by atoms with Gasteiger partial charge in [0, 0.05) is 12.1 Å². The summed E-state index contributed by atoms with van der Waals surface area (Å²) in [6.07, 6.45) is 5.63. The Bertz CT molecular complexity index is 417. The van der Waals surface area contributed by atoms with E-state index in [1.807, 2.05) is 0 Å². The van der Waals surface area contributed by atoms with Crippen LogP contribution in [0, 0.1) is 15.9 Å². The molecule has 92 valence electrons. The van der Waals surface area contributed by atoms with Gasteiger partial charge in [-0.2, -0.15) is 0 Å². The van der Waals surface area contributed by atoms with Crippen molar-refractivity contribution < 1.29 is 9.31 Å². The molecule has 1 aliphatic carbocycles. The summed E-state index contributed by atoms with van der Waals surface area (Å²) in [7, 11) is 0. The highest BCUT2D eigenvalue weighted by Gasteiger charge is 2.16. The highest BCUT2D eigenvalue weighted by molar-refractivity contribution is 5.50. The first-order valence-electron chi connectivity index (χ1n) is 5.87. The van der Waals surface area contributed by atoms with Crippen LogP contribution in [0.3, 0.4) is 0 Å². The lowest BCUT2D eigenvalue weighted by molar-refractivity contribution is -0.385. The molecule has 1 aromatic rings. The molecule has 0 unspecified atom stereocenters. The number of anilines is 1. The summed E-state index contributed by atoms with van der Waals surface area (Å²) >= 11 is 0. The van der Waals surface area contributed by atoms with Crippen LogP contribution in [-0.2, 0) is 0 Å². The third kappa shape index (κ3) is 2.93. The van der Waals surface area contributed by atoms with Crippen LogP contribution in [0.25, 0.3) is 0 Å². The highest BCUT2D eigenvalue weighted by Crippen LogP contribution is 2.25. The Hall–Kier alpha value is -1.65. The van der Waals surface area contributed by atoms with Crippen LogP contribution in [0.2, 0.25) is 0 Å². The standard InChI is InChI=1S/C12H15FN2O2/c13-11-8-10(15(16)17)6-7-12(11)14-9-4-2-1-3-5-9/h6-9,14H,1-5H2. The van der Waals surface area contributed by atoms with Crippen LogP contribution in [0.4, 0.5) is 15.8 Å². The minimum atomic E-state index is -0.590. The van der Waals surface area contributed by atoms with Crippen LogP contribution in [0.5, 0.6) is 0 Å². The van der Waals surface area contributed by atoms with E-state index in [0.717, 1.165) is 31.7 Å². The highest BCUT2D eigenvalue weighted by atomic mass is 19.1. The maximum Gasteiger partial charge on any atom is 0.272 e. The summed E-state index contributed by atoms with van der Waals surface area (Å²) in [5, 5.41) is 13.6. The Balaban J connectivity index is 2.08. The Labute approximate surface area is 99.0 Å². The van der Waals surface area contributed by atoms with Gasteiger partial charge >= 0.3 is 0 Å². The number of nitrogens with zero attached hydrogens (tertiary/aromatic N) is 1. The molecule has 0 aliphatic heterocycles. The zero-order valence-electron chi connectivity index (χ0n) is 9.49. The van der Waals surface area contributed by atoms with Gasteiger partial charge in [-0.05, 0) is 18.9 Å². The van der Waals surface area contributed by atoms with Gasteiger partial charge in [-0.15, -0.1) is 0 Å². The van der Waals surface area contributed by atoms with Crippen molar-refractivity contribution in [2.45, 2.75) is 38.1 Å². The number of nitro benzene ring substituents is 1. The molecule has 2 rings (SSSR count). The van der Waals surface area contributed by atoms with E-state index >= 15 is 0 Å². The maximum absolute atomic E-state index is 13.6. The molecule has 1 fully saturated rings. The quantitative estimate of drug-likeness (QED) is 0.648. The average molecular weight is 238 g/mol. The van der Waals surface area contributed by atoms with E-state index in [-0.39, 0.29) is 5.69 Å². The summed E-state index contributed by atoms with van der Waals surface area (Å²) in [6, 6.07) is 4.03. The molecule has 0 atom stereocenters. The van der Waals surface area contributed by atoms with Crippen molar-refractivity contribution in [3.63, 3.8) is 0 Å². The SMILES string of the molecule is O=[N+]([O-])c1ccc(NC2CCCCC2)c(F)c1. The van der Waals surface area contributed by atoms with E-state index < -0.39 is 10.7 Å². The van der Waals surface area contributed by atoms with Crippen LogP contribution in [-0.4, -0.2) is 11.0 Å². The molecule has 0 spiro atoms. The second kappa shape index (κ2) is 5.12. The minimum Gasteiger partial charge on any atom is -0.380 e. The lowest BCUT2D eigenvalue weighted by Gasteiger charge is -2.23. The Morgan fingerprint density at radius 2 is 2.00 bits per heavy atom. The van der Waals surface area contributed by atoms with Gasteiger partial charge in [-0.1, -0.05) is 19.3 Å². The number of benzene rings is 1. The largest absolute Gasteiger partial charge is 0.380 e. The zero-order valence-corrected chi connectivity index (χ0v) is 9.49. The number of rotatable bonds is 3. The first kappa shape index (κ1) is 11.8. The predicted octanol–water partition coefficient (Wildman–Crippen LogP) is 3.48. The molecule has 1 aromatic carbocycles. The van der Waals surface area contributed by atoms with E-state index in [2.05, 4.69) is 5.32 Å². The summed E-state index contributed by atoms with van der Waals surface area (Å²) < 4.78 is 13.6. The van der Waals surface area contributed by atoms with Crippen molar-refractivity contribution in [2.75, 3.05) is 5.32 Å². The van der Waals surface area contributed by atoms with Crippen LogP contribution < -0.4 is 5.32 Å². The Morgan fingerprint density at radius 3 is 2.59 bits per heavy atom. The van der Waals surface area contributed by atoms with E-state index in [0.29, 0.717) is 11.7 Å². The molecule has 5 heteroatoms. The lowest BCUT2D eigenvalue weighted by atomic mass is 9.95. The molecular formula is C12H15FN2O2. The summed E-state index contributed by atoms with van der Waals surface area (Å²) in [5.74, 6) is -0.551. The summed E-state index contributed by atoms with van der Waals surface area (Å²) in [5.41, 5.74) is 0.152. The molecule has 1 N–H and O–H groups in total. The summed E-state index contributed by atoms with van der Waals surface area (Å²) in [4.78, 5) is 9.88. The molecule has 0 bridgehead atoms. The third-order valence-corrected chi connectivity index (χ3v) is 3.13. The van der Waals surface area contributed by atoms with Gasteiger partial charge in [0.2, 0.25) is 0 Å². The molecular weight excluding hydrogens is 223 g/mol. The van der Waals surface area contributed by atoms with Crippen LogP contribution in [0.1, 0.15) is 32.1 Å². The number of nitro groups is 1. The fourth-order valence-corrected chi connectivity index (χ4v) is 2.20. The Kier molecular flexibility index (Phi) is 3.56. The maximum atomic E-state index is 13.6. The molecule has 4 nitrogen and oxygen atoms in total. The van der Waals surface area contributed by atoms with Crippen molar-refractivity contribution in [3.05, 3.63) is 34.1 Å². The Morgan fingerprint density at radius 1 is 1.29 bits per heavy atom. The fourth-order valence-electron chi connectivity index (χ4n) is 2.20. The molecule has 0 amide bonds. The normalized spacial score (nSPS) is 16.8. The number of non-ortho nitro benzene ring substituents is 1. The van der Waals surface area contributed by atoms with Crippen molar-refractivity contribution in [1.29, 1.82) is 0 Å². The van der Waals surface area contributed by atoms with E-state index in [4.69, 9.17) is 0 Å². The molecule has 0 radical (unpaired) electrons. The molecule has 0 aromatic heterocycles. The monoisotopic (exact) mass is 238 g/mol. The molecule has 0 saturated heterocycles. The summed E-state index contributed by atoms with van der Waals surface area (Å²) in [6.45, 7) is 0. The third-order valence-electron chi connectivity index (χ3n) is 3.13. The predicted molar refractivity (Wildman–Crippen MR) is 63.6 cm³/mol. The second-order valence-electron chi connectivity index (χ2n) is 4.40. The second-order valence-corrected chi connectivity index (χ2v) is 4.40. The number of hydrogen-bond acceptors (Lipinski definition) is 3. The number of hydrogen-bond donors (Lipinski definition) is 1. The minimum absolute atomic E-state index is 0.211. The average Bonchev–Trinajstić information content (AvgIpc) is 2.33. The van der Waals surface area contributed by atoms with Gasteiger partial charge in [0.05, 0.1) is 16.7 Å². The van der Waals surface area contributed by atoms with E-state index in [1.165, 1.54) is 18.6 Å². The molecule has 1 saturated carbocycles. The van der Waals surface area contributed by atoms with Gasteiger partial charge in [0.25, 0.3) is 5.69 Å². The van der Waals surface area contributed by atoms with E-state index in [1.54, 1.807) is 0 Å². The van der Waals surface area contributed by atoms with Crippen molar-refractivity contribution in [3.8, 4) is 0 Å². The van der Waals surface area contributed by atoms with Gasteiger partial charge in [-0.3, -0.25) is 10.1 Å². The van der Waals surface area contributed by atoms with Crippen molar-refractivity contribution in [1.82, 2.24) is 0 Å². The first-order valence-corrected chi connectivity index (χ1v) is 5.87. The fraction of sp³-hybridized carbons (Fsp3) is 0.500. The van der Waals surface area contributed by atoms with Gasteiger partial charge < -0.3 is 5.32 Å². The lowest BCUT2D eigenvalue weighted by Crippen LogP contribution is -2.22. The zero-order chi connectivity index (χ0) is 12.3. The van der Waals surface area contributed by atoms with Gasteiger partial charge in [0.15, 0.2) is 5.82 Å². The van der Waals surface area contributed by atoms with Crippen molar-refractivity contribution in [2.24, 2.45) is 0 Å². The topological polar surface area (TPSA) is 55.2 Å². The van der Waals surface area contributed by atoms with Crippen molar-refractivity contribution >= 4 is 11.4 Å². The van der Waals surface area contributed by atoms with Gasteiger partial charge in [0.1, 0.15) is 0 Å². The van der Waals surface area contributed by atoms with E-state index in [9.17, 15) is 14.5 Å². The van der Waals surface area contributed by atoms with Crippen LogP contribution >= 0.6 is 0 Å². The van der Waals surface area contributed by atoms with Crippen LogP contribution in [0.15, 0.2) is 18.2 Å². The number of nitrogens with one attached hydrogen (secondary N) is 1.